The van der Waals surface area contributed by atoms with Crippen molar-refractivity contribution >= 4 is 35.8 Å². The predicted octanol–water partition coefficient (Wildman–Crippen LogP) is 1.16. The number of hydrogen-bond acceptors (Lipinski definition) is 4. The van der Waals surface area contributed by atoms with E-state index in [2.05, 4.69) is 55.3 Å². The van der Waals surface area contributed by atoms with Gasteiger partial charge in [0.15, 0.2) is 5.96 Å². The normalized spacial score (nSPS) is 19.0. The largest absolute Gasteiger partial charge is 0.355 e. The van der Waals surface area contributed by atoms with Crippen molar-refractivity contribution in [1.29, 1.82) is 0 Å². The minimum absolute atomic E-state index is 0. The van der Waals surface area contributed by atoms with Crippen LogP contribution in [0.5, 0.6) is 0 Å². The summed E-state index contributed by atoms with van der Waals surface area (Å²) in [4.78, 5) is 25.1. The van der Waals surface area contributed by atoms with Crippen LogP contribution >= 0.6 is 24.0 Å². The SMILES string of the molecule is CN=C(NCCN1CCN(C(C)=O)CC1)N1CCN(Cc2ccccc2)CC1.I. The summed E-state index contributed by atoms with van der Waals surface area (Å²) in [6, 6.07) is 10.7. The number of carbonyl (C=O) groups is 1. The minimum Gasteiger partial charge on any atom is -0.355 e. The molecular formula is C21H35IN6O. The third-order valence-electron chi connectivity index (χ3n) is 5.66. The van der Waals surface area contributed by atoms with E-state index in [0.29, 0.717) is 0 Å². The molecule has 0 saturated carbocycles. The van der Waals surface area contributed by atoms with Gasteiger partial charge in [-0.1, -0.05) is 30.3 Å². The van der Waals surface area contributed by atoms with Gasteiger partial charge in [0.1, 0.15) is 0 Å². The second-order valence-electron chi connectivity index (χ2n) is 7.57. The van der Waals surface area contributed by atoms with Gasteiger partial charge in [-0.3, -0.25) is 19.6 Å². The fraction of sp³-hybridized carbons (Fsp3) is 0.619. The number of nitrogens with zero attached hydrogens (tertiary/aromatic N) is 5. The Kier molecular flexibility index (Phi) is 10.2. The Morgan fingerprint density at radius 1 is 0.931 bits per heavy atom. The van der Waals surface area contributed by atoms with Crippen molar-refractivity contribution in [1.82, 2.24) is 24.9 Å². The molecule has 2 aliphatic heterocycles. The highest BCUT2D eigenvalue weighted by Crippen LogP contribution is 2.08. The molecule has 2 heterocycles. The molecule has 0 spiro atoms. The molecule has 0 aliphatic carbocycles. The lowest BCUT2D eigenvalue weighted by atomic mass is 10.2. The molecule has 1 amide bonds. The molecule has 0 radical (unpaired) electrons. The summed E-state index contributed by atoms with van der Waals surface area (Å²) in [5, 5.41) is 3.52. The van der Waals surface area contributed by atoms with Gasteiger partial charge >= 0.3 is 0 Å². The Morgan fingerprint density at radius 3 is 2.10 bits per heavy atom. The summed E-state index contributed by atoms with van der Waals surface area (Å²) in [6.45, 7) is 12.3. The van der Waals surface area contributed by atoms with Crippen LogP contribution in [-0.4, -0.2) is 104 Å². The first kappa shape index (κ1) is 23.9. The zero-order valence-corrected chi connectivity index (χ0v) is 20.0. The molecule has 29 heavy (non-hydrogen) atoms. The standard InChI is InChI=1S/C21H34N6O.HI/c1-19(28)26-14-10-24(11-15-26)9-8-23-21(22-2)27-16-12-25(13-17-27)18-20-6-4-3-5-7-20;/h3-7H,8-18H2,1-2H3,(H,22,23);1H. The monoisotopic (exact) mass is 514 g/mol. The van der Waals surface area contributed by atoms with E-state index < -0.39 is 0 Å². The molecule has 0 unspecified atom stereocenters. The Bertz CT molecular complexity index is 640. The third kappa shape index (κ3) is 7.42. The maximum atomic E-state index is 11.4. The van der Waals surface area contributed by atoms with E-state index in [1.54, 1.807) is 6.92 Å². The molecule has 7 nitrogen and oxygen atoms in total. The van der Waals surface area contributed by atoms with Gasteiger partial charge in [-0.2, -0.15) is 0 Å². The first-order chi connectivity index (χ1) is 13.7. The van der Waals surface area contributed by atoms with Crippen molar-refractivity contribution < 1.29 is 4.79 Å². The van der Waals surface area contributed by atoms with Gasteiger partial charge in [-0.15, -0.1) is 24.0 Å². The summed E-state index contributed by atoms with van der Waals surface area (Å²) in [5.74, 6) is 1.19. The Hall–Kier alpha value is -1.39. The zero-order chi connectivity index (χ0) is 19.8. The van der Waals surface area contributed by atoms with E-state index in [4.69, 9.17) is 0 Å². The highest BCUT2D eigenvalue weighted by molar-refractivity contribution is 14.0. The summed E-state index contributed by atoms with van der Waals surface area (Å²) >= 11 is 0. The third-order valence-corrected chi connectivity index (χ3v) is 5.66. The van der Waals surface area contributed by atoms with Gasteiger partial charge in [0.05, 0.1) is 0 Å². The van der Waals surface area contributed by atoms with Crippen molar-refractivity contribution in [3.05, 3.63) is 35.9 Å². The smallest absolute Gasteiger partial charge is 0.219 e. The fourth-order valence-corrected chi connectivity index (χ4v) is 3.90. The maximum Gasteiger partial charge on any atom is 0.219 e. The van der Waals surface area contributed by atoms with Gasteiger partial charge < -0.3 is 15.1 Å². The topological polar surface area (TPSA) is 54.4 Å². The van der Waals surface area contributed by atoms with E-state index in [1.807, 2.05) is 11.9 Å². The molecule has 0 aromatic heterocycles. The Labute approximate surface area is 192 Å². The molecule has 162 valence electrons. The van der Waals surface area contributed by atoms with Crippen LogP contribution in [0.2, 0.25) is 0 Å². The van der Waals surface area contributed by atoms with Crippen molar-refractivity contribution in [2.75, 3.05) is 72.5 Å². The summed E-state index contributed by atoms with van der Waals surface area (Å²) < 4.78 is 0. The zero-order valence-electron chi connectivity index (χ0n) is 17.7. The molecule has 1 aromatic rings. The fourth-order valence-electron chi connectivity index (χ4n) is 3.90. The predicted molar refractivity (Wildman–Crippen MR) is 129 cm³/mol. The molecule has 0 bridgehead atoms. The first-order valence-corrected chi connectivity index (χ1v) is 10.4. The molecule has 2 fully saturated rings. The number of nitrogens with one attached hydrogen (secondary N) is 1. The van der Waals surface area contributed by atoms with Crippen molar-refractivity contribution in [3.63, 3.8) is 0 Å². The van der Waals surface area contributed by atoms with Gasteiger partial charge in [0, 0.05) is 86.0 Å². The lowest BCUT2D eigenvalue weighted by molar-refractivity contribution is -0.130. The number of aliphatic imine (C=N–C) groups is 1. The molecule has 3 rings (SSSR count). The molecular weight excluding hydrogens is 479 g/mol. The van der Waals surface area contributed by atoms with Crippen molar-refractivity contribution in [3.8, 4) is 0 Å². The molecule has 2 saturated heterocycles. The number of rotatable bonds is 5. The highest BCUT2D eigenvalue weighted by Gasteiger charge is 2.21. The average Bonchev–Trinajstić information content (AvgIpc) is 2.73. The lowest BCUT2D eigenvalue weighted by Gasteiger charge is -2.37. The van der Waals surface area contributed by atoms with Crippen LogP contribution in [0.25, 0.3) is 0 Å². The van der Waals surface area contributed by atoms with Crippen LogP contribution in [0.4, 0.5) is 0 Å². The molecule has 1 N–H and O–H groups in total. The van der Waals surface area contributed by atoms with Gasteiger partial charge in [0.25, 0.3) is 0 Å². The molecule has 1 aromatic carbocycles. The van der Waals surface area contributed by atoms with E-state index >= 15 is 0 Å². The number of piperazine rings is 2. The van der Waals surface area contributed by atoms with Gasteiger partial charge in [-0.05, 0) is 5.56 Å². The second kappa shape index (κ2) is 12.3. The summed E-state index contributed by atoms with van der Waals surface area (Å²) in [7, 11) is 1.87. The van der Waals surface area contributed by atoms with Gasteiger partial charge in [-0.25, -0.2) is 0 Å². The van der Waals surface area contributed by atoms with E-state index in [0.717, 1.165) is 78.0 Å². The number of guanidine groups is 1. The Balaban J connectivity index is 0.00000300. The minimum atomic E-state index is 0. The maximum absolute atomic E-state index is 11.4. The molecule has 0 atom stereocenters. The quantitative estimate of drug-likeness (QED) is 0.363. The van der Waals surface area contributed by atoms with Crippen LogP contribution in [0.15, 0.2) is 35.3 Å². The van der Waals surface area contributed by atoms with Crippen LogP contribution in [0.1, 0.15) is 12.5 Å². The van der Waals surface area contributed by atoms with Crippen molar-refractivity contribution in [2.24, 2.45) is 4.99 Å². The number of hydrogen-bond donors (Lipinski definition) is 1. The number of benzene rings is 1. The van der Waals surface area contributed by atoms with Gasteiger partial charge in [0.2, 0.25) is 5.91 Å². The van der Waals surface area contributed by atoms with Crippen LogP contribution < -0.4 is 5.32 Å². The van der Waals surface area contributed by atoms with E-state index in [-0.39, 0.29) is 29.9 Å². The lowest BCUT2D eigenvalue weighted by Crippen LogP contribution is -2.54. The molecule has 8 heteroatoms. The summed E-state index contributed by atoms with van der Waals surface area (Å²) in [5.41, 5.74) is 1.38. The molecule has 2 aliphatic rings. The Morgan fingerprint density at radius 2 is 1.52 bits per heavy atom. The van der Waals surface area contributed by atoms with E-state index in [9.17, 15) is 4.79 Å². The summed E-state index contributed by atoms with van der Waals surface area (Å²) in [6.07, 6.45) is 0. The van der Waals surface area contributed by atoms with Crippen LogP contribution in [0, 0.1) is 0 Å². The number of halogens is 1. The van der Waals surface area contributed by atoms with E-state index in [1.165, 1.54) is 5.56 Å². The van der Waals surface area contributed by atoms with Crippen LogP contribution in [-0.2, 0) is 11.3 Å². The second-order valence-corrected chi connectivity index (χ2v) is 7.57. The number of carbonyl (C=O) groups excluding carboxylic acids is 1. The van der Waals surface area contributed by atoms with Crippen LogP contribution in [0.3, 0.4) is 0 Å². The first-order valence-electron chi connectivity index (χ1n) is 10.4. The number of amides is 1. The van der Waals surface area contributed by atoms with Crippen molar-refractivity contribution in [2.45, 2.75) is 13.5 Å². The average molecular weight is 514 g/mol. The highest BCUT2D eigenvalue weighted by atomic mass is 127.